The van der Waals surface area contributed by atoms with E-state index in [0.717, 1.165) is 31.4 Å². The Morgan fingerprint density at radius 3 is 2.64 bits per heavy atom. The van der Waals surface area contributed by atoms with E-state index in [1.807, 2.05) is 31.8 Å². The Labute approximate surface area is 175 Å². The Morgan fingerprint density at radius 1 is 1.36 bits per heavy atom. The predicted molar refractivity (Wildman–Crippen MR) is 123 cm³/mol. The van der Waals surface area contributed by atoms with E-state index in [2.05, 4.69) is 60.4 Å². The van der Waals surface area contributed by atoms with Crippen LogP contribution in [0.3, 0.4) is 0 Å². The molecule has 1 unspecified atom stereocenters. The third-order valence-electron chi connectivity index (χ3n) is 3.52. The van der Waals surface area contributed by atoms with Gasteiger partial charge in [-0.1, -0.05) is 56.4 Å². The van der Waals surface area contributed by atoms with E-state index in [1.165, 1.54) is 12.0 Å². The molecule has 1 aliphatic carbocycles. The van der Waals surface area contributed by atoms with Gasteiger partial charge in [-0.3, -0.25) is 4.79 Å². The van der Waals surface area contributed by atoms with Crippen LogP contribution in [0.4, 0.5) is 4.39 Å². The molecule has 0 heterocycles. The summed E-state index contributed by atoms with van der Waals surface area (Å²) in [6.45, 7) is 6.64. The van der Waals surface area contributed by atoms with E-state index < -0.39 is 0 Å². The number of nitrogens with one attached hydrogen (secondary N) is 1. The number of rotatable bonds is 10. The minimum Gasteiger partial charge on any atom is -0.471 e. The number of hydrogen-bond acceptors (Lipinski definition) is 4. The van der Waals surface area contributed by atoms with Crippen LogP contribution in [0.2, 0.25) is 0 Å². The molecule has 0 radical (unpaired) electrons. The maximum Gasteiger partial charge on any atom is 0.292 e. The molecule has 1 aliphatic rings. The summed E-state index contributed by atoms with van der Waals surface area (Å²) in [5.41, 5.74) is 0. The number of methoxy groups -OCH3 is 1. The van der Waals surface area contributed by atoms with Crippen molar-refractivity contribution < 1.29 is 13.9 Å². The molecule has 1 atom stereocenters. The first-order valence-electron chi connectivity index (χ1n) is 9.84. The van der Waals surface area contributed by atoms with E-state index in [4.69, 9.17) is 4.79 Å². The third kappa shape index (κ3) is 22.5. The van der Waals surface area contributed by atoms with Crippen LogP contribution < -0.4 is 5.32 Å². The van der Waals surface area contributed by atoms with Gasteiger partial charge in [-0.2, -0.15) is 0 Å². The summed E-state index contributed by atoms with van der Waals surface area (Å²) in [7, 11) is 3.27. The number of thioether (sulfide) groups is 1. The molecule has 0 amide bonds. The third-order valence-corrected chi connectivity index (χ3v) is 4.42. The Bertz CT molecular complexity index is 511. The minimum absolute atomic E-state index is 0.0228. The summed E-state index contributed by atoms with van der Waals surface area (Å²) in [6.07, 6.45) is 20.8. The smallest absolute Gasteiger partial charge is 0.292 e. The standard InChI is InChI=1S/C12H22FN.C9H12S.C2H4O2/c1-4-8-12(13)10-7-5-6-9-11(2)14-3;1-2-10-9-7-5-3-4-6-8-9;1-4-2-3/h5,7-8,11,14H,4,6,9-10H2,1-3H3;3,5-8H,2,4H2,1H3;2H,1H3/b7-5-,12-8+;;. The van der Waals surface area contributed by atoms with Crippen molar-refractivity contribution >= 4 is 18.2 Å². The van der Waals surface area contributed by atoms with Gasteiger partial charge in [-0.15, -0.1) is 11.8 Å². The molecule has 0 aliphatic heterocycles. The molecule has 1 N–H and O–H groups in total. The van der Waals surface area contributed by atoms with Gasteiger partial charge in [0.25, 0.3) is 6.47 Å². The van der Waals surface area contributed by atoms with Crippen molar-refractivity contribution in [2.75, 3.05) is 19.9 Å². The molecule has 0 saturated heterocycles. The fourth-order valence-electron chi connectivity index (χ4n) is 1.93. The van der Waals surface area contributed by atoms with Gasteiger partial charge in [0.05, 0.1) is 12.9 Å². The van der Waals surface area contributed by atoms with Gasteiger partial charge in [0.2, 0.25) is 0 Å². The average Bonchev–Trinajstić information content (AvgIpc) is 2.97. The van der Waals surface area contributed by atoms with Crippen molar-refractivity contribution in [3.05, 3.63) is 59.3 Å². The van der Waals surface area contributed by atoms with Crippen molar-refractivity contribution in [1.29, 1.82) is 0 Å². The van der Waals surface area contributed by atoms with Gasteiger partial charge in [0, 0.05) is 17.4 Å². The molecular formula is C23H38FNO2S. The number of carbonyl (C=O) groups is 1. The molecule has 3 nitrogen and oxygen atoms in total. The Balaban J connectivity index is 0. The highest BCUT2D eigenvalue weighted by Gasteiger charge is 1.94. The van der Waals surface area contributed by atoms with Crippen LogP contribution in [-0.2, 0) is 9.53 Å². The lowest BCUT2D eigenvalue weighted by Crippen LogP contribution is -2.20. The molecule has 0 fully saturated rings. The Morgan fingerprint density at radius 2 is 2.07 bits per heavy atom. The number of ether oxygens (including phenoxy) is 1. The number of halogens is 1. The van der Waals surface area contributed by atoms with E-state index in [-0.39, 0.29) is 5.83 Å². The van der Waals surface area contributed by atoms with Crippen LogP contribution in [0.5, 0.6) is 0 Å². The Hall–Kier alpha value is -1.59. The number of allylic oxidation sites excluding steroid dienone is 9. The normalized spacial score (nSPS) is 14.2. The van der Waals surface area contributed by atoms with Gasteiger partial charge < -0.3 is 10.1 Å². The molecular weight excluding hydrogens is 373 g/mol. The minimum atomic E-state index is -0.0228. The zero-order valence-electron chi connectivity index (χ0n) is 18.1. The average molecular weight is 412 g/mol. The van der Waals surface area contributed by atoms with Gasteiger partial charge in [-0.25, -0.2) is 4.39 Å². The molecule has 0 spiro atoms. The second-order valence-corrected chi connectivity index (χ2v) is 7.24. The van der Waals surface area contributed by atoms with Crippen LogP contribution in [-0.4, -0.2) is 32.4 Å². The molecule has 160 valence electrons. The van der Waals surface area contributed by atoms with E-state index in [1.54, 1.807) is 6.08 Å². The lowest BCUT2D eigenvalue weighted by Gasteiger charge is -2.06. The Kier molecular flexibility index (Phi) is 24.0. The maximum atomic E-state index is 12.9. The molecule has 0 aromatic heterocycles. The first kappa shape index (κ1) is 28.6. The van der Waals surface area contributed by atoms with Gasteiger partial charge in [0.15, 0.2) is 0 Å². The van der Waals surface area contributed by atoms with Crippen molar-refractivity contribution in [2.45, 2.75) is 58.9 Å². The highest BCUT2D eigenvalue weighted by Crippen LogP contribution is 2.18. The largest absolute Gasteiger partial charge is 0.471 e. The van der Waals surface area contributed by atoms with Crippen LogP contribution in [0.1, 0.15) is 52.9 Å². The van der Waals surface area contributed by atoms with Crippen LogP contribution in [0.25, 0.3) is 0 Å². The number of carbonyl (C=O) groups excluding carboxylic acids is 1. The second-order valence-electron chi connectivity index (χ2n) is 5.90. The summed E-state index contributed by atoms with van der Waals surface area (Å²) in [5, 5.41) is 3.17. The molecule has 0 aromatic rings. The zero-order valence-corrected chi connectivity index (χ0v) is 18.9. The topological polar surface area (TPSA) is 38.3 Å². The maximum absolute atomic E-state index is 12.9. The predicted octanol–water partition coefficient (Wildman–Crippen LogP) is 6.51. The fourth-order valence-corrected chi connectivity index (χ4v) is 2.63. The quantitative estimate of drug-likeness (QED) is 0.328. The number of hydrogen-bond donors (Lipinski definition) is 1. The summed E-state index contributed by atoms with van der Waals surface area (Å²) in [5.74, 6) is 1.13. The molecule has 0 aromatic carbocycles. The monoisotopic (exact) mass is 411 g/mol. The van der Waals surface area contributed by atoms with Gasteiger partial charge >= 0.3 is 0 Å². The SMILES string of the molecule is CC/C=C(/F)C/C=C\CCC(C)NC.CCSC1=CC=CCC=C1.COC=O. The van der Waals surface area contributed by atoms with E-state index >= 15 is 0 Å². The van der Waals surface area contributed by atoms with Crippen LogP contribution >= 0.6 is 11.8 Å². The second kappa shape index (κ2) is 23.4. The molecule has 5 heteroatoms. The van der Waals surface area contributed by atoms with Crippen molar-refractivity contribution in [2.24, 2.45) is 0 Å². The zero-order chi connectivity index (χ0) is 21.5. The summed E-state index contributed by atoms with van der Waals surface area (Å²) >= 11 is 1.89. The van der Waals surface area contributed by atoms with Crippen molar-refractivity contribution in [3.8, 4) is 0 Å². The van der Waals surface area contributed by atoms with Crippen molar-refractivity contribution in [3.63, 3.8) is 0 Å². The van der Waals surface area contributed by atoms with Gasteiger partial charge in [-0.05, 0) is 51.5 Å². The van der Waals surface area contributed by atoms with E-state index in [0.29, 0.717) is 18.9 Å². The molecule has 0 bridgehead atoms. The van der Waals surface area contributed by atoms with Crippen LogP contribution in [0.15, 0.2) is 59.3 Å². The first-order valence-corrected chi connectivity index (χ1v) is 10.8. The van der Waals surface area contributed by atoms with E-state index in [9.17, 15) is 4.39 Å². The molecule has 0 saturated carbocycles. The fraction of sp³-hybridized carbons (Fsp3) is 0.522. The first-order chi connectivity index (χ1) is 13.5. The molecule has 28 heavy (non-hydrogen) atoms. The lowest BCUT2D eigenvalue weighted by atomic mass is 10.1. The highest BCUT2D eigenvalue weighted by atomic mass is 32.2. The van der Waals surface area contributed by atoms with Crippen LogP contribution in [0, 0.1) is 0 Å². The summed E-state index contributed by atoms with van der Waals surface area (Å²) < 4.78 is 16.7. The molecule has 1 rings (SSSR count). The summed E-state index contributed by atoms with van der Waals surface area (Å²) in [4.78, 5) is 10.3. The van der Waals surface area contributed by atoms with Crippen molar-refractivity contribution in [1.82, 2.24) is 5.32 Å². The highest BCUT2D eigenvalue weighted by molar-refractivity contribution is 8.03. The lowest BCUT2D eigenvalue weighted by molar-refractivity contribution is -0.126. The van der Waals surface area contributed by atoms with Gasteiger partial charge in [0.1, 0.15) is 0 Å². The summed E-state index contributed by atoms with van der Waals surface area (Å²) in [6, 6.07) is 0.538.